The fourth-order valence-corrected chi connectivity index (χ4v) is 3.42. The number of piperazine rings is 1. The van der Waals surface area contributed by atoms with Crippen molar-refractivity contribution in [2.75, 3.05) is 31.1 Å². The number of para-hydroxylation sites is 1. The Balaban J connectivity index is 0.00000192. The van der Waals surface area contributed by atoms with Crippen LogP contribution in [0.1, 0.15) is 13.3 Å². The maximum atomic E-state index is 12.7. The molecule has 5 nitrogen and oxygen atoms in total. The highest BCUT2D eigenvalue weighted by Gasteiger charge is 2.39. The van der Waals surface area contributed by atoms with Gasteiger partial charge in [-0.15, -0.1) is 12.4 Å². The van der Waals surface area contributed by atoms with E-state index in [0.717, 1.165) is 13.1 Å². The molecule has 126 valence electrons. The maximum Gasteiger partial charge on any atom is 0.228 e. The first-order valence-electron chi connectivity index (χ1n) is 7.64. The van der Waals surface area contributed by atoms with E-state index >= 15 is 0 Å². The molecule has 1 aromatic rings. The van der Waals surface area contributed by atoms with E-state index in [9.17, 15) is 9.59 Å². The lowest BCUT2D eigenvalue weighted by atomic mass is 10.1. The van der Waals surface area contributed by atoms with Gasteiger partial charge in [0.15, 0.2) is 0 Å². The van der Waals surface area contributed by atoms with Crippen molar-refractivity contribution in [2.45, 2.75) is 19.4 Å². The number of rotatable bonds is 2. The average Bonchev–Trinajstić information content (AvgIpc) is 2.89. The Morgan fingerprint density at radius 1 is 1.35 bits per heavy atom. The van der Waals surface area contributed by atoms with E-state index in [1.54, 1.807) is 11.0 Å². The van der Waals surface area contributed by atoms with Crippen LogP contribution in [0, 0.1) is 5.92 Å². The first-order valence-corrected chi connectivity index (χ1v) is 8.02. The summed E-state index contributed by atoms with van der Waals surface area (Å²) in [6.07, 6.45) is 0.265. The van der Waals surface area contributed by atoms with Crippen LogP contribution < -0.4 is 10.2 Å². The first-order chi connectivity index (χ1) is 10.6. The molecule has 7 heteroatoms. The average molecular weight is 358 g/mol. The second-order valence-electron chi connectivity index (χ2n) is 5.94. The summed E-state index contributed by atoms with van der Waals surface area (Å²) < 4.78 is 0. The van der Waals surface area contributed by atoms with Crippen LogP contribution in [0.2, 0.25) is 5.02 Å². The van der Waals surface area contributed by atoms with Gasteiger partial charge in [-0.25, -0.2) is 0 Å². The smallest absolute Gasteiger partial charge is 0.228 e. The monoisotopic (exact) mass is 357 g/mol. The van der Waals surface area contributed by atoms with Crippen LogP contribution in [0.15, 0.2) is 24.3 Å². The fourth-order valence-electron chi connectivity index (χ4n) is 3.18. The largest absolute Gasteiger partial charge is 0.337 e. The lowest BCUT2D eigenvalue weighted by molar-refractivity contribution is -0.138. The summed E-state index contributed by atoms with van der Waals surface area (Å²) in [6, 6.07) is 7.43. The molecule has 0 saturated carbocycles. The highest BCUT2D eigenvalue weighted by Crippen LogP contribution is 2.31. The third kappa shape index (κ3) is 3.62. The van der Waals surface area contributed by atoms with E-state index in [2.05, 4.69) is 5.32 Å². The number of nitrogens with one attached hydrogen (secondary N) is 1. The Labute approximate surface area is 147 Å². The molecule has 0 aromatic heterocycles. The van der Waals surface area contributed by atoms with E-state index in [1.165, 1.54) is 0 Å². The van der Waals surface area contributed by atoms with Crippen molar-refractivity contribution in [2.24, 2.45) is 5.92 Å². The molecule has 1 N–H and O–H groups in total. The summed E-state index contributed by atoms with van der Waals surface area (Å²) >= 11 is 6.17. The molecular weight excluding hydrogens is 337 g/mol. The van der Waals surface area contributed by atoms with Crippen LogP contribution in [0.4, 0.5) is 5.69 Å². The standard InChI is InChI=1S/C16H20ClN3O2.ClH/c1-11-9-18-6-7-19(11)16(22)12-8-15(21)20(10-12)14-5-3-2-4-13(14)17;/h2-5,11-12,18H,6-10H2,1H3;1H/t11-,12?;/m0./s1. The van der Waals surface area contributed by atoms with Crippen molar-refractivity contribution >= 4 is 41.5 Å². The van der Waals surface area contributed by atoms with Gasteiger partial charge >= 0.3 is 0 Å². The zero-order valence-corrected chi connectivity index (χ0v) is 14.6. The van der Waals surface area contributed by atoms with E-state index in [-0.39, 0.29) is 42.6 Å². The Hall–Kier alpha value is -1.30. The summed E-state index contributed by atoms with van der Waals surface area (Å²) in [5.74, 6) is -0.226. The first kappa shape index (κ1) is 18.0. The number of amides is 2. The summed E-state index contributed by atoms with van der Waals surface area (Å²) in [5.41, 5.74) is 0.692. The summed E-state index contributed by atoms with van der Waals surface area (Å²) in [7, 11) is 0. The normalized spacial score (nSPS) is 24.5. The van der Waals surface area contributed by atoms with Crippen molar-refractivity contribution in [1.82, 2.24) is 10.2 Å². The van der Waals surface area contributed by atoms with Gasteiger partial charge in [0, 0.05) is 38.6 Å². The third-order valence-electron chi connectivity index (χ3n) is 4.40. The maximum absolute atomic E-state index is 12.7. The SMILES string of the molecule is C[C@H]1CNCCN1C(=O)C1CC(=O)N(c2ccccc2Cl)C1.Cl. The van der Waals surface area contributed by atoms with Gasteiger partial charge in [-0.1, -0.05) is 23.7 Å². The van der Waals surface area contributed by atoms with Crippen LogP contribution >= 0.6 is 24.0 Å². The van der Waals surface area contributed by atoms with Crippen LogP contribution in [-0.2, 0) is 9.59 Å². The van der Waals surface area contributed by atoms with E-state index < -0.39 is 0 Å². The number of benzene rings is 1. The number of carbonyl (C=O) groups excluding carboxylic acids is 2. The second kappa shape index (κ2) is 7.51. The predicted octanol–water partition coefficient (Wildman–Crippen LogP) is 1.94. The van der Waals surface area contributed by atoms with Gasteiger partial charge in [-0.05, 0) is 19.1 Å². The molecule has 1 aromatic carbocycles. The van der Waals surface area contributed by atoms with Crippen molar-refractivity contribution in [1.29, 1.82) is 0 Å². The molecule has 0 spiro atoms. The molecule has 23 heavy (non-hydrogen) atoms. The molecular formula is C16H21Cl2N3O2. The predicted molar refractivity (Wildman–Crippen MR) is 93.2 cm³/mol. The zero-order chi connectivity index (χ0) is 15.7. The van der Waals surface area contributed by atoms with Crippen LogP contribution in [0.3, 0.4) is 0 Å². The minimum atomic E-state index is -0.274. The Bertz CT molecular complexity index is 596. The highest BCUT2D eigenvalue weighted by atomic mass is 35.5. The molecule has 0 radical (unpaired) electrons. The molecule has 2 aliphatic heterocycles. The number of nitrogens with zero attached hydrogens (tertiary/aromatic N) is 2. The minimum Gasteiger partial charge on any atom is -0.337 e. The number of carbonyl (C=O) groups is 2. The fraction of sp³-hybridized carbons (Fsp3) is 0.500. The molecule has 0 aliphatic carbocycles. The Kier molecular flexibility index (Phi) is 5.89. The van der Waals surface area contributed by atoms with Crippen molar-refractivity contribution < 1.29 is 9.59 Å². The Morgan fingerprint density at radius 2 is 2.09 bits per heavy atom. The molecule has 2 amide bonds. The number of hydrogen-bond acceptors (Lipinski definition) is 3. The number of halogens is 2. The summed E-state index contributed by atoms with van der Waals surface area (Å²) in [6.45, 7) is 4.77. The van der Waals surface area contributed by atoms with Crippen LogP contribution in [0.25, 0.3) is 0 Å². The molecule has 2 fully saturated rings. The van der Waals surface area contributed by atoms with E-state index in [1.807, 2.05) is 30.0 Å². The highest BCUT2D eigenvalue weighted by molar-refractivity contribution is 6.33. The van der Waals surface area contributed by atoms with Crippen LogP contribution in [-0.4, -0.2) is 48.9 Å². The molecule has 2 aliphatic rings. The Morgan fingerprint density at radius 3 is 2.78 bits per heavy atom. The van der Waals surface area contributed by atoms with Gasteiger partial charge in [0.25, 0.3) is 0 Å². The molecule has 2 atom stereocenters. The molecule has 1 unspecified atom stereocenters. The topological polar surface area (TPSA) is 52.7 Å². The van der Waals surface area contributed by atoms with E-state index in [0.29, 0.717) is 23.8 Å². The zero-order valence-electron chi connectivity index (χ0n) is 13.0. The van der Waals surface area contributed by atoms with Gasteiger partial charge in [-0.3, -0.25) is 9.59 Å². The van der Waals surface area contributed by atoms with Gasteiger partial charge in [-0.2, -0.15) is 0 Å². The molecule has 2 heterocycles. The van der Waals surface area contributed by atoms with Crippen molar-refractivity contribution in [3.63, 3.8) is 0 Å². The van der Waals surface area contributed by atoms with Gasteiger partial charge < -0.3 is 15.1 Å². The van der Waals surface area contributed by atoms with Gasteiger partial charge in [0.05, 0.1) is 16.6 Å². The van der Waals surface area contributed by atoms with Crippen molar-refractivity contribution in [3.05, 3.63) is 29.3 Å². The number of hydrogen-bond donors (Lipinski definition) is 1. The minimum absolute atomic E-state index is 0. The summed E-state index contributed by atoms with van der Waals surface area (Å²) in [5, 5.41) is 3.81. The number of anilines is 1. The summed E-state index contributed by atoms with van der Waals surface area (Å²) in [4.78, 5) is 28.5. The van der Waals surface area contributed by atoms with Crippen molar-refractivity contribution in [3.8, 4) is 0 Å². The van der Waals surface area contributed by atoms with E-state index in [4.69, 9.17) is 11.6 Å². The van der Waals surface area contributed by atoms with Gasteiger partial charge in [0.2, 0.25) is 11.8 Å². The molecule has 0 bridgehead atoms. The molecule has 2 saturated heterocycles. The quantitative estimate of drug-likeness (QED) is 0.879. The second-order valence-corrected chi connectivity index (χ2v) is 6.35. The third-order valence-corrected chi connectivity index (χ3v) is 4.72. The molecule has 3 rings (SSSR count). The van der Waals surface area contributed by atoms with Crippen LogP contribution in [0.5, 0.6) is 0 Å². The lowest BCUT2D eigenvalue weighted by Gasteiger charge is -2.35. The van der Waals surface area contributed by atoms with Gasteiger partial charge in [0.1, 0.15) is 0 Å². The lowest BCUT2D eigenvalue weighted by Crippen LogP contribution is -2.54.